The number of nitrogens with zero attached hydrogens (tertiary/aromatic N) is 2. The molecular weight excluding hydrogens is 608 g/mol. The van der Waals surface area contributed by atoms with Crippen LogP contribution in [0.15, 0.2) is 35.1 Å². The molecule has 0 fully saturated rings. The highest BCUT2D eigenvalue weighted by Crippen LogP contribution is 2.42. The van der Waals surface area contributed by atoms with Gasteiger partial charge in [-0.3, -0.25) is 4.79 Å². The second-order valence-electron chi connectivity index (χ2n) is 14.4. The lowest BCUT2D eigenvalue weighted by molar-refractivity contribution is -0.193. The molecule has 4 heterocycles. The monoisotopic (exact) mass is 650 g/mol. The molecule has 246 valence electrons. The van der Waals surface area contributed by atoms with E-state index in [1.807, 2.05) is 19.2 Å². The molecule has 0 saturated heterocycles. The first-order chi connectivity index (χ1) is 21.3. The number of pyridine rings is 2. The Hall–Kier alpha value is -4.03. The molecule has 11 nitrogen and oxygen atoms in total. The molecule has 0 spiro atoms. The van der Waals surface area contributed by atoms with Crippen LogP contribution < -0.4 is 10.3 Å². The quantitative estimate of drug-likeness (QED) is 0.101. The molecule has 1 unspecified atom stereocenters. The summed E-state index contributed by atoms with van der Waals surface area (Å²) < 4.78 is 29.9. The first kappa shape index (κ1) is 33.3. The summed E-state index contributed by atoms with van der Waals surface area (Å²) in [4.78, 5) is 57.9. The average Bonchev–Trinajstić information content (AvgIpc) is 3.29. The topological polar surface area (TPSA) is 132 Å². The van der Waals surface area contributed by atoms with Crippen molar-refractivity contribution in [3.05, 3.63) is 57.4 Å². The predicted molar refractivity (Wildman–Crippen MR) is 173 cm³/mol. The van der Waals surface area contributed by atoms with Gasteiger partial charge < -0.3 is 27.9 Å². The summed E-state index contributed by atoms with van der Waals surface area (Å²) in [6.45, 7) is 18.9. The van der Waals surface area contributed by atoms with Gasteiger partial charge in [-0.1, -0.05) is 27.7 Å². The molecule has 2 aliphatic heterocycles. The van der Waals surface area contributed by atoms with Crippen LogP contribution in [0.3, 0.4) is 0 Å². The van der Waals surface area contributed by atoms with E-state index >= 15 is 0 Å². The molecular formula is C34H42N2O9Si. The minimum atomic E-state index is -2.34. The highest BCUT2D eigenvalue weighted by Gasteiger charge is 2.51. The smallest absolute Gasteiger partial charge is 0.457 e. The fraction of sp³-hybridized carbons (Fsp3) is 0.500. The number of benzene rings is 1. The highest BCUT2D eigenvalue weighted by molar-refractivity contribution is 6.74. The second kappa shape index (κ2) is 11.3. The van der Waals surface area contributed by atoms with Gasteiger partial charge in [-0.2, -0.15) is 0 Å². The minimum absolute atomic E-state index is 0.0543. The molecule has 0 N–H and O–H groups in total. The van der Waals surface area contributed by atoms with Crippen molar-refractivity contribution >= 4 is 37.3 Å². The van der Waals surface area contributed by atoms with Gasteiger partial charge in [-0.25, -0.2) is 19.4 Å². The van der Waals surface area contributed by atoms with E-state index in [0.29, 0.717) is 33.6 Å². The van der Waals surface area contributed by atoms with Crippen LogP contribution >= 0.6 is 0 Å². The third-order valence-electron chi connectivity index (χ3n) is 8.92. The van der Waals surface area contributed by atoms with Crippen molar-refractivity contribution < 1.29 is 37.8 Å². The van der Waals surface area contributed by atoms with E-state index < -0.39 is 43.7 Å². The van der Waals surface area contributed by atoms with Crippen LogP contribution in [0.5, 0.6) is 5.75 Å². The molecule has 1 aromatic carbocycles. The lowest BCUT2D eigenvalue weighted by Gasteiger charge is -2.39. The fourth-order valence-electron chi connectivity index (χ4n) is 5.47. The Morgan fingerprint density at radius 1 is 1.09 bits per heavy atom. The molecule has 0 saturated carbocycles. The summed E-state index contributed by atoms with van der Waals surface area (Å²) in [6, 6.07) is 8.63. The lowest BCUT2D eigenvalue weighted by atomic mass is 9.85. The zero-order valence-electron chi connectivity index (χ0n) is 28.2. The third-order valence-corrected chi connectivity index (χ3v) is 13.5. The van der Waals surface area contributed by atoms with Gasteiger partial charge in [0.05, 0.1) is 29.0 Å². The van der Waals surface area contributed by atoms with Gasteiger partial charge in [-0.15, -0.1) is 0 Å². The maximum absolute atomic E-state index is 13.9. The summed E-state index contributed by atoms with van der Waals surface area (Å²) in [7, 11) is -2.34. The third kappa shape index (κ3) is 5.95. The SMILES string of the molecule is CC[C@@]1(OC(=O)C(C)O[Si](C)(C)C(C)(C)C)C(=O)OCc2c1cc1n(c2=O)Cc2cc3cc(OC(=O)OC(C)(C)C)ccc3nc2-1. The van der Waals surface area contributed by atoms with Crippen LogP contribution in [-0.4, -0.2) is 47.7 Å². The summed E-state index contributed by atoms with van der Waals surface area (Å²) >= 11 is 0. The molecule has 12 heteroatoms. The molecule has 2 atom stereocenters. The standard InChI is InChI=1S/C34H42N2O9Si/c1-11-34(43-29(38)19(2)45-46(9,10)33(6,7)8)24-16-26-27-21(17-36(26)28(37)23(24)18-41-30(34)39)14-20-15-22(12-13-25(20)35-27)42-31(40)44-32(3,4)5/h12-16,19H,11,17-18H2,1-10H3/t19?,34-/m0/s1. The molecule has 0 bridgehead atoms. The van der Waals surface area contributed by atoms with E-state index in [0.717, 1.165) is 5.56 Å². The van der Waals surface area contributed by atoms with Gasteiger partial charge in [0.25, 0.3) is 5.56 Å². The number of aromatic nitrogens is 2. The average molecular weight is 651 g/mol. The fourth-order valence-corrected chi connectivity index (χ4v) is 6.81. The maximum atomic E-state index is 13.9. The number of ether oxygens (including phenoxy) is 4. The highest BCUT2D eigenvalue weighted by atomic mass is 28.4. The predicted octanol–water partition coefficient (Wildman–Crippen LogP) is 6.35. The Morgan fingerprint density at radius 2 is 1.78 bits per heavy atom. The van der Waals surface area contributed by atoms with Gasteiger partial charge in [-0.05, 0) is 82.6 Å². The summed E-state index contributed by atoms with van der Waals surface area (Å²) in [5.41, 5.74) is 0.124. The lowest BCUT2D eigenvalue weighted by Crippen LogP contribution is -2.50. The van der Waals surface area contributed by atoms with E-state index in [4.69, 9.17) is 28.4 Å². The maximum Gasteiger partial charge on any atom is 0.514 e. The Bertz CT molecular complexity index is 1820. The van der Waals surface area contributed by atoms with Gasteiger partial charge >= 0.3 is 18.1 Å². The van der Waals surface area contributed by atoms with Crippen molar-refractivity contribution in [2.75, 3.05) is 0 Å². The number of hydrogen-bond donors (Lipinski definition) is 0. The van der Waals surface area contributed by atoms with E-state index in [9.17, 15) is 19.2 Å². The molecule has 0 aliphatic carbocycles. The van der Waals surface area contributed by atoms with E-state index in [-0.39, 0.29) is 35.7 Å². The van der Waals surface area contributed by atoms with Gasteiger partial charge in [0.2, 0.25) is 5.60 Å². The van der Waals surface area contributed by atoms with E-state index in [1.165, 1.54) is 0 Å². The molecule has 2 aromatic heterocycles. The van der Waals surface area contributed by atoms with Crippen LogP contribution in [0.2, 0.25) is 18.1 Å². The van der Waals surface area contributed by atoms with Crippen LogP contribution in [0.25, 0.3) is 22.3 Å². The molecule has 3 aromatic rings. The van der Waals surface area contributed by atoms with Crippen LogP contribution in [0, 0.1) is 0 Å². The Balaban J connectivity index is 1.51. The molecule has 2 aliphatic rings. The van der Waals surface area contributed by atoms with Crippen LogP contribution in [0.4, 0.5) is 4.79 Å². The molecule has 0 radical (unpaired) electrons. The van der Waals surface area contributed by atoms with Crippen molar-refractivity contribution in [3.63, 3.8) is 0 Å². The molecule has 5 rings (SSSR count). The summed E-state index contributed by atoms with van der Waals surface area (Å²) in [5, 5.41) is 0.559. The number of carbonyl (C=O) groups excluding carboxylic acids is 3. The number of esters is 2. The molecule has 46 heavy (non-hydrogen) atoms. The van der Waals surface area contributed by atoms with Crippen molar-refractivity contribution in [3.8, 4) is 17.1 Å². The van der Waals surface area contributed by atoms with Crippen molar-refractivity contribution in [2.45, 2.75) is 110 Å². The van der Waals surface area contributed by atoms with Crippen molar-refractivity contribution in [1.29, 1.82) is 0 Å². The van der Waals surface area contributed by atoms with Gasteiger partial charge in [0.1, 0.15) is 24.1 Å². The van der Waals surface area contributed by atoms with E-state index in [2.05, 4.69) is 20.8 Å². The number of cyclic esters (lactones) is 1. The second-order valence-corrected chi connectivity index (χ2v) is 19.2. The van der Waals surface area contributed by atoms with Gasteiger partial charge in [0.15, 0.2) is 8.32 Å². The number of carbonyl (C=O) groups is 3. The number of hydrogen-bond acceptors (Lipinski definition) is 10. The van der Waals surface area contributed by atoms with Gasteiger partial charge in [0, 0.05) is 16.5 Å². The Labute approximate surface area is 269 Å². The zero-order chi connectivity index (χ0) is 34.0. The summed E-state index contributed by atoms with van der Waals surface area (Å²) in [6.07, 6.45) is -1.70. The van der Waals surface area contributed by atoms with Crippen molar-refractivity contribution in [1.82, 2.24) is 9.55 Å². The Morgan fingerprint density at radius 3 is 2.41 bits per heavy atom. The number of rotatable bonds is 6. The normalized spacial score (nSPS) is 18.3. The zero-order valence-corrected chi connectivity index (χ0v) is 29.2. The first-order valence-corrected chi connectivity index (χ1v) is 18.4. The van der Waals surface area contributed by atoms with Crippen molar-refractivity contribution in [2.24, 2.45) is 0 Å². The van der Waals surface area contributed by atoms with E-state index in [1.54, 1.807) is 63.5 Å². The number of fused-ring (bicyclic) bond motifs is 5. The minimum Gasteiger partial charge on any atom is -0.457 e. The van der Waals surface area contributed by atoms with Crippen LogP contribution in [-0.2, 0) is 47.0 Å². The first-order valence-electron chi connectivity index (χ1n) is 15.5. The summed E-state index contributed by atoms with van der Waals surface area (Å²) in [5.74, 6) is -1.14. The largest absolute Gasteiger partial charge is 0.514 e. The Kier molecular flexibility index (Phi) is 8.22. The molecule has 0 amide bonds. The van der Waals surface area contributed by atoms with Crippen LogP contribution in [0.1, 0.15) is 78.5 Å².